The highest BCUT2D eigenvalue weighted by Gasteiger charge is 2.30. The van der Waals surface area contributed by atoms with Crippen molar-refractivity contribution in [1.82, 2.24) is 0 Å². The first-order valence-electron chi connectivity index (χ1n) is 5.26. The van der Waals surface area contributed by atoms with Crippen LogP contribution in [0, 0.1) is 0 Å². The van der Waals surface area contributed by atoms with Crippen LogP contribution in [0.1, 0.15) is 5.56 Å². The summed E-state index contributed by atoms with van der Waals surface area (Å²) in [7, 11) is 0. The van der Waals surface area contributed by atoms with Crippen LogP contribution in [0.3, 0.4) is 0 Å². The number of ether oxygens (including phenoxy) is 1. The average Bonchev–Trinajstić information content (AvgIpc) is 2.33. The van der Waals surface area contributed by atoms with Crippen molar-refractivity contribution in [2.45, 2.75) is 6.18 Å². The second-order valence-corrected chi connectivity index (χ2v) is 4.67. The maximum absolute atomic E-state index is 12.5. The summed E-state index contributed by atoms with van der Waals surface area (Å²) in [5, 5.41) is 0. The first-order chi connectivity index (χ1) is 8.86. The van der Waals surface area contributed by atoms with Crippen molar-refractivity contribution in [3.8, 4) is 11.5 Å². The third-order valence-corrected chi connectivity index (χ3v) is 3.06. The fraction of sp³-hybridized carbons (Fsp3) is 0.0769. The van der Waals surface area contributed by atoms with Crippen molar-refractivity contribution in [3.63, 3.8) is 0 Å². The second kappa shape index (κ2) is 5.13. The van der Waals surface area contributed by atoms with Crippen LogP contribution < -0.4 is 10.5 Å². The fourth-order valence-electron chi connectivity index (χ4n) is 1.44. The van der Waals surface area contributed by atoms with Gasteiger partial charge >= 0.3 is 6.18 Å². The molecule has 19 heavy (non-hydrogen) atoms. The molecule has 0 aliphatic heterocycles. The third-order valence-electron chi connectivity index (χ3n) is 2.37. The van der Waals surface area contributed by atoms with Crippen molar-refractivity contribution in [3.05, 3.63) is 52.5 Å². The molecule has 0 heterocycles. The van der Waals surface area contributed by atoms with Gasteiger partial charge in [0.2, 0.25) is 0 Å². The van der Waals surface area contributed by atoms with E-state index < -0.39 is 11.7 Å². The smallest absolute Gasteiger partial charge is 0.416 e. The van der Waals surface area contributed by atoms with Crippen molar-refractivity contribution in [2.24, 2.45) is 0 Å². The molecule has 2 aromatic rings. The zero-order chi connectivity index (χ0) is 14.0. The van der Waals surface area contributed by atoms with Gasteiger partial charge in [0, 0.05) is 10.2 Å². The van der Waals surface area contributed by atoms with E-state index in [1.165, 1.54) is 12.1 Å². The summed E-state index contributed by atoms with van der Waals surface area (Å²) in [6.45, 7) is 0. The molecule has 0 saturated heterocycles. The first kappa shape index (κ1) is 13.7. The van der Waals surface area contributed by atoms with Crippen LogP contribution in [-0.4, -0.2) is 0 Å². The molecule has 0 atom stereocenters. The van der Waals surface area contributed by atoms with Gasteiger partial charge in [0.15, 0.2) is 0 Å². The lowest BCUT2D eigenvalue weighted by atomic mass is 10.2. The van der Waals surface area contributed by atoms with Crippen molar-refractivity contribution in [2.75, 3.05) is 5.73 Å². The van der Waals surface area contributed by atoms with Gasteiger partial charge in [0.05, 0.1) is 5.56 Å². The molecule has 0 amide bonds. The standard InChI is InChI=1S/C13H9BrF3NO/c14-11-7-10(4-5-12(11)18)19-9-3-1-2-8(6-9)13(15,16)17/h1-7H,18H2. The van der Waals surface area contributed by atoms with Crippen LogP contribution in [0.4, 0.5) is 18.9 Å². The molecule has 0 radical (unpaired) electrons. The molecule has 0 aromatic heterocycles. The van der Waals surface area contributed by atoms with E-state index in [1.54, 1.807) is 18.2 Å². The Hall–Kier alpha value is -1.69. The molecule has 100 valence electrons. The monoisotopic (exact) mass is 331 g/mol. The van der Waals surface area contributed by atoms with Gasteiger partial charge in [-0.05, 0) is 52.3 Å². The second-order valence-electron chi connectivity index (χ2n) is 3.81. The van der Waals surface area contributed by atoms with E-state index in [1.807, 2.05) is 0 Å². The number of halogens is 4. The number of anilines is 1. The molecule has 0 bridgehead atoms. The normalized spacial score (nSPS) is 11.4. The summed E-state index contributed by atoms with van der Waals surface area (Å²) in [6, 6.07) is 9.48. The molecule has 6 heteroatoms. The summed E-state index contributed by atoms with van der Waals surface area (Å²) in [5.74, 6) is 0.520. The minimum atomic E-state index is -4.39. The van der Waals surface area contributed by atoms with Gasteiger partial charge in [-0.2, -0.15) is 13.2 Å². The lowest BCUT2D eigenvalue weighted by molar-refractivity contribution is -0.137. The molecular weight excluding hydrogens is 323 g/mol. The fourth-order valence-corrected chi connectivity index (χ4v) is 1.80. The molecule has 2 nitrogen and oxygen atoms in total. The van der Waals surface area contributed by atoms with Crippen molar-refractivity contribution in [1.29, 1.82) is 0 Å². The molecule has 0 spiro atoms. The van der Waals surface area contributed by atoms with Gasteiger partial charge in [-0.1, -0.05) is 6.07 Å². The number of alkyl halides is 3. The lowest BCUT2D eigenvalue weighted by Gasteiger charge is -2.10. The number of nitrogens with two attached hydrogens (primary N) is 1. The Kier molecular flexibility index (Phi) is 3.71. The first-order valence-corrected chi connectivity index (χ1v) is 6.06. The quantitative estimate of drug-likeness (QED) is 0.799. The number of nitrogen functional groups attached to an aromatic ring is 1. The van der Waals surface area contributed by atoms with E-state index in [4.69, 9.17) is 10.5 Å². The summed E-state index contributed by atoms with van der Waals surface area (Å²) in [6.07, 6.45) is -4.39. The van der Waals surface area contributed by atoms with Crippen LogP contribution in [0.15, 0.2) is 46.9 Å². The highest BCUT2D eigenvalue weighted by molar-refractivity contribution is 9.10. The van der Waals surface area contributed by atoms with Gasteiger partial charge < -0.3 is 10.5 Å². The Balaban J connectivity index is 2.26. The molecular formula is C13H9BrF3NO. The molecule has 0 fully saturated rings. The molecule has 0 saturated carbocycles. The molecule has 2 N–H and O–H groups in total. The molecule has 2 aromatic carbocycles. The van der Waals surface area contributed by atoms with Crippen molar-refractivity contribution >= 4 is 21.6 Å². The number of hydrogen-bond acceptors (Lipinski definition) is 2. The van der Waals surface area contributed by atoms with Gasteiger partial charge in [0.25, 0.3) is 0 Å². The topological polar surface area (TPSA) is 35.2 Å². The predicted molar refractivity (Wildman–Crippen MR) is 70.1 cm³/mol. The van der Waals surface area contributed by atoms with Crippen LogP contribution in [0.2, 0.25) is 0 Å². The minimum Gasteiger partial charge on any atom is -0.457 e. The maximum atomic E-state index is 12.5. The van der Waals surface area contributed by atoms with E-state index >= 15 is 0 Å². The van der Waals surface area contributed by atoms with Gasteiger partial charge in [-0.25, -0.2) is 0 Å². The van der Waals surface area contributed by atoms with Crippen molar-refractivity contribution < 1.29 is 17.9 Å². The van der Waals surface area contributed by atoms with Gasteiger partial charge in [-0.3, -0.25) is 0 Å². The minimum absolute atomic E-state index is 0.117. The van der Waals surface area contributed by atoms with Crippen LogP contribution in [0.25, 0.3) is 0 Å². The SMILES string of the molecule is Nc1ccc(Oc2cccc(C(F)(F)F)c2)cc1Br. The summed E-state index contributed by atoms with van der Waals surface area (Å²) in [4.78, 5) is 0. The van der Waals surface area contributed by atoms with E-state index in [2.05, 4.69) is 15.9 Å². The van der Waals surface area contributed by atoms with E-state index in [-0.39, 0.29) is 5.75 Å². The summed E-state index contributed by atoms with van der Waals surface area (Å²) < 4.78 is 43.6. The zero-order valence-electron chi connectivity index (χ0n) is 9.54. The van der Waals surface area contributed by atoms with E-state index in [0.29, 0.717) is 15.9 Å². The lowest BCUT2D eigenvalue weighted by Crippen LogP contribution is -2.04. The third kappa shape index (κ3) is 3.41. The molecule has 0 aliphatic carbocycles. The summed E-state index contributed by atoms with van der Waals surface area (Å²) in [5.41, 5.74) is 5.39. The van der Waals surface area contributed by atoms with E-state index in [9.17, 15) is 13.2 Å². The molecule has 2 rings (SSSR count). The van der Waals surface area contributed by atoms with E-state index in [0.717, 1.165) is 12.1 Å². The Bertz CT molecular complexity index is 599. The zero-order valence-corrected chi connectivity index (χ0v) is 11.1. The van der Waals surface area contributed by atoms with Gasteiger partial charge in [-0.15, -0.1) is 0 Å². The van der Waals surface area contributed by atoms with Crippen LogP contribution in [-0.2, 0) is 6.18 Å². The van der Waals surface area contributed by atoms with Gasteiger partial charge in [0.1, 0.15) is 11.5 Å². The highest BCUT2D eigenvalue weighted by atomic mass is 79.9. The average molecular weight is 332 g/mol. The Morgan fingerprint density at radius 2 is 1.68 bits per heavy atom. The van der Waals surface area contributed by atoms with Crippen LogP contribution >= 0.6 is 15.9 Å². The number of rotatable bonds is 2. The molecule has 0 aliphatic rings. The molecule has 0 unspecified atom stereocenters. The summed E-state index contributed by atoms with van der Waals surface area (Å²) >= 11 is 3.22. The number of benzene rings is 2. The Morgan fingerprint density at radius 3 is 2.32 bits per heavy atom. The number of hydrogen-bond donors (Lipinski definition) is 1. The predicted octanol–water partition coefficient (Wildman–Crippen LogP) is 4.84. The maximum Gasteiger partial charge on any atom is 0.416 e. The Morgan fingerprint density at radius 1 is 1.00 bits per heavy atom. The largest absolute Gasteiger partial charge is 0.457 e. The van der Waals surface area contributed by atoms with Crippen LogP contribution in [0.5, 0.6) is 11.5 Å². The Labute approximate surface area is 116 Å². The highest BCUT2D eigenvalue weighted by Crippen LogP contribution is 2.33.